The molecule has 0 radical (unpaired) electrons. The number of likely N-dealkylation sites (tertiary alicyclic amines) is 1. The first-order valence-corrected chi connectivity index (χ1v) is 14.7. The van der Waals surface area contributed by atoms with E-state index in [4.69, 9.17) is 0 Å². The second-order valence-corrected chi connectivity index (χ2v) is 10.9. The van der Waals surface area contributed by atoms with Crippen LogP contribution in [0.1, 0.15) is 59.4 Å². The molecule has 1 atom stereocenters. The number of nitrogens with zero attached hydrogens (tertiary/aromatic N) is 1. The van der Waals surface area contributed by atoms with Crippen molar-refractivity contribution >= 4 is 28.3 Å². The van der Waals surface area contributed by atoms with Gasteiger partial charge in [0.05, 0.1) is 31.8 Å². The maximum Gasteiger partial charge on any atom is 0.256 e. The highest BCUT2D eigenvalue weighted by molar-refractivity contribution is 7.85. The summed E-state index contributed by atoms with van der Waals surface area (Å²) in [7, 11) is -1.49. The fourth-order valence-electron chi connectivity index (χ4n) is 5.02. The predicted molar refractivity (Wildman–Crippen MR) is 153 cm³/mol. The Balaban J connectivity index is 0.00000164. The van der Waals surface area contributed by atoms with E-state index >= 15 is 0 Å². The van der Waals surface area contributed by atoms with E-state index in [1.165, 1.54) is 18.4 Å². The summed E-state index contributed by atoms with van der Waals surface area (Å²) in [5, 5.41) is 5.80. The van der Waals surface area contributed by atoms with E-state index in [0.29, 0.717) is 33.2 Å². The predicted octanol–water partition coefficient (Wildman–Crippen LogP) is 5.52. The van der Waals surface area contributed by atoms with Crippen LogP contribution in [0.2, 0.25) is 0 Å². The fourth-order valence-corrected chi connectivity index (χ4v) is 6.32. The van der Waals surface area contributed by atoms with Gasteiger partial charge in [-0.25, -0.2) is 4.21 Å². The van der Waals surface area contributed by atoms with E-state index in [1.807, 2.05) is 13.8 Å². The SMILES string of the molecule is CC.O=C(NCCCN1CCC(Cc2ccccc2)CC1)c1ccc2c(c1)NC(=O)c1ccccc1S2=O. The molecule has 3 aromatic carbocycles. The number of anilines is 1. The van der Waals surface area contributed by atoms with E-state index in [2.05, 4.69) is 45.9 Å². The molecular formula is C31H37N3O3S. The van der Waals surface area contributed by atoms with Gasteiger partial charge in [0.15, 0.2) is 0 Å². The van der Waals surface area contributed by atoms with Gasteiger partial charge in [-0.15, -0.1) is 0 Å². The van der Waals surface area contributed by atoms with Crippen LogP contribution >= 0.6 is 0 Å². The molecule has 200 valence electrons. The Morgan fingerprint density at radius 1 is 0.974 bits per heavy atom. The Kier molecular flexibility index (Phi) is 9.85. The van der Waals surface area contributed by atoms with Gasteiger partial charge in [-0.05, 0) is 87.1 Å². The highest BCUT2D eigenvalue weighted by atomic mass is 32.2. The molecule has 2 heterocycles. The quantitative estimate of drug-likeness (QED) is 0.394. The Morgan fingerprint density at radius 2 is 1.68 bits per heavy atom. The standard InChI is InChI=1S/C29H31N3O3S.C2H6/c33-28(30-15-6-16-32-17-13-22(14-18-32)19-21-7-2-1-3-8-21)23-11-12-27-25(20-23)31-29(34)24-9-4-5-10-26(24)36(27)35;1-2/h1-5,7-12,20,22H,6,13-19H2,(H,30,33)(H,31,34);1-2H3. The summed E-state index contributed by atoms with van der Waals surface area (Å²) in [6.45, 7) is 7.77. The largest absolute Gasteiger partial charge is 0.352 e. The van der Waals surface area contributed by atoms with Crippen molar-refractivity contribution in [3.05, 3.63) is 89.5 Å². The average Bonchev–Trinajstić information content (AvgIpc) is 3.07. The second kappa shape index (κ2) is 13.5. The molecule has 2 aliphatic rings. The van der Waals surface area contributed by atoms with Crippen LogP contribution in [-0.4, -0.2) is 47.1 Å². The van der Waals surface area contributed by atoms with Crippen molar-refractivity contribution in [3.8, 4) is 0 Å². The summed E-state index contributed by atoms with van der Waals surface area (Å²) in [6.07, 6.45) is 4.47. The van der Waals surface area contributed by atoms with Crippen molar-refractivity contribution < 1.29 is 13.8 Å². The van der Waals surface area contributed by atoms with Gasteiger partial charge in [0, 0.05) is 12.1 Å². The molecule has 3 aromatic rings. The number of piperidine rings is 1. The maximum absolute atomic E-state index is 13.0. The van der Waals surface area contributed by atoms with Crippen molar-refractivity contribution in [2.75, 3.05) is 31.5 Å². The molecule has 0 saturated carbocycles. The van der Waals surface area contributed by atoms with E-state index in [1.54, 1.807) is 42.5 Å². The van der Waals surface area contributed by atoms with Crippen LogP contribution in [0.15, 0.2) is 82.6 Å². The Hall–Kier alpha value is -3.29. The average molecular weight is 532 g/mol. The van der Waals surface area contributed by atoms with Crippen LogP contribution < -0.4 is 10.6 Å². The minimum atomic E-state index is -1.49. The van der Waals surface area contributed by atoms with Crippen molar-refractivity contribution in [1.29, 1.82) is 0 Å². The molecule has 6 nitrogen and oxygen atoms in total. The Labute approximate surface area is 228 Å². The van der Waals surface area contributed by atoms with Crippen molar-refractivity contribution in [2.45, 2.75) is 49.3 Å². The summed E-state index contributed by atoms with van der Waals surface area (Å²) >= 11 is 0. The lowest BCUT2D eigenvalue weighted by atomic mass is 9.90. The fraction of sp³-hybridized carbons (Fsp3) is 0.355. The van der Waals surface area contributed by atoms with Crippen LogP contribution in [0.4, 0.5) is 5.69 Å². The zero-order valence-electron chi connectivity index (χ0n) is 22.2. The number of fused-ring (bicyclic) bond motifs is 2. The summed E-state index contributed by atoms with van der Waals surface area (Å²) in [4.78, 5) is 28.8. The smallest absolute Gasteiger partial charge is 0.256 e. The molecule has 5 rings (SSSR count). The molecule has 0 aliphatic carbocycles. The number of rotatable bonds is 7. The molecule has 2 aliphatic heterocycles. The second-order valence-electron chi connectivity index (χ2n) is 9.51. The van der Waals surface area contributed by atoms with Crippen LogP contribution in [-0.2, 0) is 17.2 Å². The van der Waals surface area contributed by atoms with Gasteiger partial charge in [0.2, 0.25) is 0 Å². The van der Waals surface area contributed by atoms with Gasteiger partial charge >= 0.3 is 0 Å². The molecule has 2 amide bonds. The molecule has 1 unspecified atom stereocenters. The highest BCUT2D eigenvalue weighted by Gasteiger charge is 2.25. The third-order valence-electron chi connectivity index (χ3n) is 7.03. The number of hydrogen-bond acceptors (Lipinski definition) is 4. The lowest BCUT2D eigenvalue weighted by Gasteiger charge is -2.32. The first-order chi connectivity index (χ1) is 18.6. The van der Waals surface area contributed by atoms with E-state index in [-0.39, 0.29) is 11.8 Å². The molecule has 1 fully saturated rings. The minimum absolute atomic E-state index is 0.193. The van der Waals surface area contributed by atoms with E-state index in [9.17, 15) is 13.8 Å². The highest BCUT2D eigenvalue weighted by Crippen LogP contribution is 2.31. The number of carbonyl (C=O) groups is 2. The molecular weight excluding hydrogens is 494 g/mol. The number of amides is 2. The first-order valence-electron chi connectivity index (χ1n) is 13.6. The van der Waals surface area contributed by atoms with E-state index < -0.39 is 10.8 Å². The van der Waals surface area contributed by atoms with Crippen LogP contribution in [0, 0.1) is 5.92 Å². The maximum atomic E-state index is 13.0. The Bertz CT molecular complexity index is 1270. The van der Waals surface area contributed by atoms with Gasteiger partial charge < -0.3 is 15.5 Å². The topological polar surface area (TPSA) is 78.5 Å². The van der Waals surface area contributed by atoms with Gasteiger partial charge in [-0.1, -0.05) is 56.3 Å². The van der Waals surface area contributed by atoms with Gasteiger partial charge in [0.1, 0.15) is 0 Å². The van der Waals surface area contributed by atoms with Crippen LogP contribution in [0.25, 0.3) is 0 Å². The Morgan fingerprint density at radius 3 is 2.45 bits per heavy atom. The van der Waals surface area contributed by atoms with Crippen LogP contribution in [0.3, 0.4) is 0 Å². The van der Waals surface area contributed by atoms with Crippen molar-refractivity contribution in [3.63, 3.8) is 0 Å². The summed E-state index contributed by atoms with van der Waals surface area (Å²) in [5.74, 6) is 0.239. The van der Waals surface area contributed by atoms with Gasteiger partial charge in [0.25, 0.3) is 11.8 Å². The third-order valence-corrected chi connectivity index (χ3v) is 8.54. The number of hydrogen-bond donors (Lipinski definition) is 2. The molecule has 2 N–H and O–H groups in total. The normalized spacial score (nSPS) is 17.2. The number of benzene rings is 3. The van der Waals surface area contributed by atoms with Crippen LogP contribution in [0.5, 0.6) is 0 Å². The van der Waals surface area contributed by atoms with Gasteiger partial charge in [-0.2, -0.15) is 0 Å². The lowest BCUT2D eigenvalue weighted by molar-refractivity contribution is 0.0949. The lowest BCUT2D eigenvalue weighted by Crippen LogP contribution is -2.36. The minimum Gasteiger partial charge on any atom is -0.352 e. The zero-order valence-corrected chi connectivity index (χ0v) is 23.1. The molecule has 1 saturated heterocycles. The van der Waals surface area contributed by atoms with Gasteiger partial charge in [-0.3, -0.25) is 9.59 Å². The summed E-state index contributed by atoms with van der Waals surface area (Å²) in [5.41, 5.74) is 2.67. The molecule has 0 bridgehead atoms. The number of carbonyl (C=O) groups excluding carboxylic acids is 2. The first kappa shape index (κ1) is 27.7. The molecule has 7 heteroatoms. The van der Waals surface area contributed by atoms with Crippen molar-refractivity contribution in [1.82, 2.24) is 10.2 Å². The molecule has 0 aromatic heterocycles. The number of nitrogens with one attached hydrogen (secondary N) is 2. The summed E-state index contributed by atoms with van der Waals surface area (Å²) in [6, 6.07) is 22.5. The summed E-state index contributed by atoms with van der Waals surface area (Å²) < 4.78 is 13.0. The monoisotopic (exact) mass is 531 g/mol. The van der Waals surface area contributed by atoms with Crippen molar-refractivity contribution in [2.24, 2.45) is 5.92 Å². The zero-order chi connectivity index (χ0) is 26.9. The molecule has 38 heavy (non-hydrogen) atoms. The molecule has 0 spiro atoms. The third kappa shape index (κ3) is 6.77. The van der Waals surface area contributed by atoms with E-state index in [0.717, 1.165) is 38.4 Å².